The second-order valence-electron chi connectivity index (χ2n) is 5.01. The molecule has 0 heterocycles. The molecule has 0 bridgehead atoms. The van der Waals surface area contributed by atoms with Gasteiger partial charge in [-0.15, -0.1) is 0 Å². The molecule has 0 fully saturated rings. The number of aliphatic carboxylic acids is 1. The van der Waals surface area contributed by atoms with Crippen LogP contribution in [0.15, 0.2) is 12.1 Å². The Kier molecular flexibility index (Phi) is 4.73. The van der Waals surface area contributed by atoms with Gasteiger partial charge in [-0.2, -0.15) is 0 Å². The van der Waals surface area contributed by atoms with Crippen molar-refractivity contribution in [2.24, 2.45) is 5.92 Å². The molecule has 2 N–H and O–H groups in total. The van der Waals surface area contributed by atoms with Crippen molar-refractivity contribution in [3.8, 4) is 5.75 Å². The molecular formula is C14H21NO3. The van der Waals surface area contributed by atoms with E-state index in [-0.39, 0.29) is 5.92 Å². The zero-order valence-corrected chi connectivity index (χ0v) is 11.4. The van der Waals surface area contributed by atoms with Gasteiger partial charge in [-0.1, -0.05) is 19.1 Å². The Morgan fingerprint density at radius 1 is 1.33 bits per heavy atom. The third-order valence-corrected chi connectivity index (χ3v) is 3.01. The second kappa shape index (κ2) is 5.87. The van der Waals surface area contributed by atoms with E-state index in [2.05, 4.69) is 0 Å². The number of rotatable bonds is 5. The third kappa shape index (κ3) is 3.74. The lowest BCUT2D eigenvalue weighted by Gasteiger charge is -2.20. The molecule has 4 nitrogen and oxygen atoms in total. The van der Waals surface area contributed by atoms with Crippen LogP contribution >= 0.6 is 0 Å². The van der Waals surface area contributed by atoms with Gasteiger partial charge >= 0.3 is 5.97 Å². The molecule has 1 aromatic rings. The monoisotopic (exact) mass is 251 g/mol. The molecule has 0 amide bonds. The van der Waals surface area contributed by atoms with E-state index in [1.165, 1.54) is 0 Å². The van der Waals surface area contributed by atoms with Crippen molar-refractivity contribution in [3.05, 3.63) is 28.8 Å². The summed E-state index contributed by atoms with van der Waals surface area (Å²) >= 11 is 0. The maximum atomic E-state index is 10.8. The van der Waals surface area contributed by atoms with Crippen molar-refractivity contribution in [1.82, 2.24) is 4.90 Å². The van der Waals surface area contributed by atoms with Crippen LogP contribution in [-0.2, 0) is 11.3 Å². The maximum Gasteiger partial charge on any atom is 0.307 e. The van der Waals surface area contributed by atoms with Crippen LogP contribution in [0.25, 0.3) is 0 Å². The molecule has 0 saturated heterocycles. The average molecular weight is 251 g/mol. The van der Waals surface area contributed by atoms with Crippen molar-refractivity contribution < 1.29 is 15.0 Å². The summed E-state index contributed by atoms with van der Waals surface area (Å²) in [6.45, 7) is 6.62. The largest absolute Gasteiger partial charge is 0.507 e. The quantitative estimate of drug-likeness (QED) is 0.842. The van der Waals surface area contributed by atoms with Crippen LogP contribution in [0.3, 0.4) is 0 Å². The van der Waals surface area contributed by atoms with Crippen molar-refractivity contribution >= 4 is 5.97 Å². The fourth-order valence-electron chi connectivity index (χ4n) is 2.06. The Hall–Kier alpha value is -1.55. The first kappa shape index (κ1) is 14.5. The number of aromatic hydroxyl groups is 1. The van der Waals surface area contributed by atoms with Crippen LogP contribution < -0.4 is 0 Å². The van der Waals surface area contributed by atoms with Gasteiger partial charge in [-0.25, -0.2) is 0 Å². The van der Waals surface area contributed by atoms with Gasteiger partial charge in [0, 0.05) is 13.1 Å². The molecule has 0 spiro atoms. The number of benzene rings is 1. The Bertz CT molecular complexity index is 420. The summed E-state index contributed by atoms with van der Waals surface area (Å²) in [4.78, 5) is 12.8. The minimum Gasteiger partial charge on any atom is -0.507 e. The standard InChI is InChI=1S/C14H21NO3/c1-9-5-12(6-10(2)13(9)16)8-15(4)7-11(3)14(17)18/h5-6,11,16H,7-8H2,1-4H3,(H,17,18). The van der Waals surface area contributed by atoms with Gasteiger partial charge in [0.05, 0.1) is 5.92 Å². The van der Waals surface area contributed by atoms with Gasteiger partial charge in [0.2, 0.25) is 0 Å². The summed E-state index contributed by atoms with van der Waals surface area (Å²) in [6.07, 6.45) is 0. The van der Waals surface area contributed by atoms with E-state index in [0.717, 1.165) is 16.7 Å². The molecule has 1 atom stereocenters. The highest BCUT2D eigenvalue weighted by atomic mass is 16.4. The fraction of sp³-hybridized carbons (Fsp3) is 0.500. The van der Waals surface area contributed by atoms with E-state index in [4.69, 9.17) is 5.11 Å². The molecule has 0 aliphatic rings. The summed E-state index contributed by atoms with van der Waals surface area (Å²) in [5.41, 5.74) is 2.79. The highest BCUT2D eigenvalue weighted by Crippen LogP contribution is 2.23. The molecule has 1 rings (SSSR count). The smallest absolute Gasteiger partial charge is 0.307 e. The zero-order chi connectivity index (χ0) is 13.9. The molecular weight excluding hydrogens is 230 g/mol. The molecule has 100 valence electrons. The number of aryl methyl sites for hydroxylation is 2. The topological polar surface area (TPSA) is 60.8 Å². The predicted octanol–water partition coefficient (Wildman–Crippen LogP) is 2.16. The average Bonchev–Trinajstić information content (AvgIpc) is 2.25. The van der Waals surface area contributed by atoms with Crippen LogP contribution in [0, 0.1) is 19.8 Å². The van der Waals surface area contributed by atoms with Crippen molar-refractivity contribution in [2.75, 3.05) is 13.6 Å². The van der Waals surface area contributed by atoms with Crippen molar-refractivity contribution in [3.63, 3.8) is 0 Å². The summed E-state index contributed by atoms with van der Waals surface area (Å²) in [5.74, 6) is -0.825. The summed E-state index contributed by atoms with van der Waals surface area (Å²) in [5, 5.41) is 18.6. The fourth-order valence-corrected chi connectivity index (χ4v) is 2.06. The number of hydrogen-bond acceptors (Lipinski definition) is 3. The van der Waals surface area contributed by atoms with E-state index >= 15 is 0 Å². The minimum atomic E-state index is -0.778. The van der Waals surface area contributed by atoms with Crippen LogP contribution in [0.4, 0.5) is 0 Å². The molecule has 18 heavy (non-hydrogen) atoms. The van der Waals surface area contributed by atoms with Gasteiger partial charge in [0.1, 0.15) is 5.75 Å². The first-order valence-corrected chi connectivity index (χ1v) is 6.01. The molecule has 0 saturated carbocycles. The lowest BCUT2D eigenvalue weighted by molar-refractivity contribution is -0.141. The SMILES string of the molecule is Cc1cc(CN(C)CC(C)C(=O)O)cc(C)c1O. The third-order valence-electron chi connectivity index (χ3n) is 3.01. The van der Waals surface area contributed by atoms with Crippen LogP contribution in [-0.4, -0.2) is 34.7 Å². The molecule has 0 aromatic heterocycles. The Morgan fingerprint density at radius 3 is 2.28 bits per heavy atom. The van der Waals surface area contributed by atoms with Gasteiger partial charge in [0.15, 0.2) is 0 Å². The first-order chi connectivity index (χ1) is 8.31. The number of phenols is 1. The highest BCUT2D eigenvalue weighted by Gasteiger charge is 2.14. The van der Waals surface area contributed by atoms with E-state index in [1.807, 2.05) is 37.9 Å². The molecule has 0 aliphatic heterocycles. The zero-order valence-electron chi connectivity index (χ0n) is 11.4. The Balaban J connectivity index is 2.70. The minimum absolute atomic E-state index is 0.334. The number of hydrogen-bond donors (Lipinski definition) is 2. The van der Waals surface area contributed by atoms with E-state index in [1.54, 1.807) is 6.92 Å². The van der Waals surface area contributed by atoms with Crippen molar-refractivity contribution in [1.29, 1.82) is 0 Å². The molecule has 1 aromatic carbocycles. The molecule has 4 heteroatoms. The molecule has 1 unspecified atom stereocenters. The molecule has 0 radical (unpaired) electrons. The van der Waals surface area contributed by atoms with E-state index < -0.39 is 5.97 Å². The summed E-state index contributed by atoms with van der Waals surface area (Å²) < 4.78 is 0. The Morgan fingerprint density at radius 2 is 1.83 bits per heavy atom. The predicted molar refractivity (Wildman–Crippen MR) is 70.7 cm³/mol. The van der Waals surface area contributed by atoms with Gasteiger partial charge < -0.3 is 15.1 Å². The van der Waals surface area contributed by atoms with Crippen molar-refractivity contribution in [2.45, 2.75) is 27.3 Å². The van der Waals surface area contributed by atoms with Crippen LogP contribution in [0.2, 0.25) is 0 Å². The lowest BCUT2D eigenvalue weighted by Crippen LogP contribution is -2.28. The Labute approximate surface area is 108 Å². The second-order valence-corrected chi connectivity index (χ2v) is 5.01. The first-order valence-electron chi connectivity index (χ1n) is 6.01. The van der Waals surface area contributed by atoms with Gasteiger partial charge in [-0.3, -0.25) is 4.79 Å². The lowest BCUT2D eigenvalue weighted by atomic mass is 10.0. The summed E-state index contributed by atoms with van der Waals surface area (Å²) in [6, 6.07) is 3.87. The highest BCUT2D eigenvalue weighted by molar-refractivity contribution is 5.69. The maximum absolute atomic E-state index is 10.8. The van der Waals surface area contributed by atoms with Gasteiger partial charge in [0.25, 0.3) is 0 Å². The van der Waals surface area contributed by atoms with E-state index in [9.17, 15) is 9.90 Å². The number of phenolic OH excluding ortho intramolecular Hbond substituents is 1. The number of carboxylic acids is 1. The number of carbonyl (C=O) groups is 1. The molecule has 0 aliphatic carbocycles. The number of carboxylic acid groups (broad SMARTS) is 1. The van der Waals surface area contributed by atoms with Crippen LogP contribution in [0.1, 0.15) is 23.6 Å². The summed E-state index contributed by atoms with van der Waals surface area (Å²) in [7, 11) is 1.90. The van der Waals surface area contributed by atoms with Gasteiger partial charge in [-0.05, 0) is 37.6 Å². The normalized spacial score (nSPS) is 12.7. The van der Waals surface area contributed by atoms with Crippen LogP contribution in [0.5, 0.6) is 5.75 Å². The van der Waals surface area contributed by atoms with E-state index in [0.29, 0.717) is 18.8 Å². The number of nitrogens with zero attached hydrogens (tertiary/aromatic N) is 1.